The van der Waals surface area contributed by atoms with Crippen molar-refractivity contribution in [1.82, 2.24) is 0 Å². The largest absolute Gasteiger partial charge is 0.483 e. The molecule has 0 aromatic heterocycles. The fourth-order valence-electron chi connectivity index (χ4n) is 0.487. The summed E-state index contributed by atoms with van der Waals surface area (Å²) < 4.78 is 0.0479. The molecule has 0 aromatic carbocycles. The standard InChI is InChI=1S/C3BrN5O2/c4-2-1(6-5)3(8-7-2)9(10)11. The molecule has 0 amide bonds. The van der Waals surface area contributed by atoms with E-state index in [0.29, 0.717) is 0 Å². The van der Waals surface area contributed by atoms with E-state index < -0.39 is 10.8 Å². The van der Waals surface area contributed by atoms with Gasteiger partial charge in [-0.05, 0) is 26.0 Å². The molecule has 0 saturated carbocycles. The van der Waals surface area contributed by atoms with E-state index >= 15 is 0 Å². The zero-order valence-corrected chi connectivity index (χ0v) is 6.52. The Morgan fingerprint density at radius 3 is 2.64 bits per heavy atom. The predicted octanol–water partition coefficient (Wildman–Crippen LogP) is 0.0544. The molecule has 0 fully saturated rings. The van der Waals surface area contributed by atoms with Crippen LogP contribution < -0.4 is 0 Å². The van der Waals surface area contributed by atoms with Crippen LogP contribution >= 0.6 is 15.9 Å². The van der Waals surface area contributed by atoms with Gasteiger partial charge in [-0.25, -0.2) is 0 Å². The lowest BCUT2D eigenvalue weighted by atomic mass is 10.4. The lowest BCUT2D eigenvalue weighted by molar-refractivity contribution is -0.347. The van der Waals surface area contributed by atoms with Gasteiger partial charge < -0.3 is 15.6 Å². The van der Waals surface area contributed by atoms with Crippen LogP contribution in [0.25, 0.3) is 5.53 Å². The minimum absolute atomic E-state index is 0.0479. The third-order valence-electron chi connectivity index (χ3n) is 0.913. The van der Waals surface area contributed by atoms with Crippen molar-refractivity contribution in [2.24, 2.45) is 10.2 Å². The van der Waals surface area contributed by atoms with E-state index in [0.717, 1.165) is 0 Å². The van der Waals surface area contributed by atoms with Crippen LogP contribution in [0.3, 0.4) is 0 Å². The van der Waals surface area contributed by atoms with Gasteiger partial charge in [-0.15, -0.1) is 0 Å². The predicted molar refractivity (Wildman–Crippen MR) is 39.4 cm³/mol. The fraction of sp³-hybridized carbons (Fsp3) is 0. The average Bonchev–Trinajstić information content (AvgIpc) is 2.30. The number of nitro groups is 1. The highest BCUT2D eigenvalue weighted by molar-refractivity contribution is 9.19. The molecule has 0 radical (unpaired) electrons. The quantitative estimate of drug-likeness (QED) is 0.248. The second-order valence-corrected chi connectivity index (χ2v) is 2.27. The Bertz CT molecular complexity index is 325. The molecular weight excluding hydrogens is 218 g/mol. The number of hydrogen-bond acceptors (Lipinski definition) is 4. The van der Waals surface area contributed by atoms with Gasteiger partial charge in [-0.3, -0.25) is 0 Å². The van der Waals surface area contributed by atoms with Crippen molar-refractivity contribution in [3.63, 3.8) is 0 Å². The summed E-state index contributed by atoms with van der Waals surface area (Å²) in [5.74, 6) is -0.570. The van der Waals surface area contributed by atoms with Gasteiger partial charge in [0, 0.05) is 0 Å². The molecule has 0 N–H and O–H groups in total. The Hall–Kier alpha value is -1.40. The summed E-state index contributed by atoms with van der Waals surface area (Å²) in [6, 6.07) is 0. The van der Waals surface area contributed by atoms with Crippen LogP contribution in [0.4, 0.5) is 0 Å². The SMILES string of the molecule is [N-]=[N+]=C1C(Br)=NN=C1[N+](=O)[O-]. The topological polar surface area (TPSA) is 104 Å². The Balaban J connectivity index is 3.11. The zero-order chi connectivity index (χ0) is 8.43. The molecule has 0 atom stereocenters. The summed E-state index contributed by atoms with van der Waals surface area (Å²) in [5.41, 5.74) is 7.98. The monoisotopic (exact) mass is 217 g/mol. The molecule has 56 valence electrons. The molecular formula is C3BrN5O2. The maximum Gasteiger partial charge on any atom is 0.483 e. The van der Waals surface area contributed by atoms with Crippen molar-refractivity contribution in [2.75, 3.05) is 0 Å². The van der Waals surface area contributed by atoms with Crippen LogP contribution in [0.1, 0.15) is 0 Å². The number of hydrogen-bond donors (Lipinski definition) is 0. The van der Waals surface area contributed by atoms with Crippen LogP contribution in [0.2, 0.25) is 0 Å². The first-order valence-electron chi connectivity index (χ1n) is 2.35. The van der Waals surface area contributed by atoms with Crippen molar-refractivity contribution in [2.45, 2.75) is 0 Å². The molecule has 0 bridgehead atoms. The van der Waals surface area contributed by atoms with Crippen molar-refractivity contribution in [1.29, 1.82) is 0 Å². The third kappa shape index (κ3) is 1.21. The molecule has 1 heterocycles. The van der Waals surface area contributed by atoms with E-state index in [1.165, 1.54) is 0 Å². The molecule has 7 nitrogen and oxygen atoms in total. The third-order valence-corrected chi connectivity index (χ3v) is 1.45. The Labute approximate surface area is 68.3 Å². The summed E-state index contributed by atoms with van der Waals surface area (Å²) in [4.78, 5) is 12.0. The first-order chi connectivity index (χ1) is 5.16. The lowest BCUT2D eigenvalue weighted by Crippen LogP contribution is -2.24. The number of rotatable bonds is 0. The fourth-order valence-corrected chi connectivity index (χ4v) is 0.823. The molecule has 0 saturated heterocycles. The first kappa shape index (κ1) is 7.70. The van der Waals surface area contributed by atoms with Crippen LogP contribution in [-0.4, -0.2) is 25.9 Å². The maximum atomic E-state index is 10.1. The Morgan fingerprint density at radius 1 is 1.64 bits per heavy atom. The van der Waals surface area contributed by atoms with Crippen molar-refractivity contribution in [3.05, 3.63) is 15.6 Å². The highest BCUT2D eigenvalue weighted by atomic mass is 79.9. The highest BCUT2D eigenvalue weighted by Gasteiger charge is 2.40. The van der Waals surface area contributed by atoms with E-state index in [1.807, 2.05) is 0 Å². The van der Waals surface area contributed by atoms with Gasteiger partial charge in [-0.2, -0.15) is 4.79 Å². The van der Waals surface area contributed by atoms with Crippen LogP contribution in [0, 0.1) is 10.1 Å². The van der Waals surface area contributed by atoms with Crippen LogP contribution in [0.15, 0.2) is 10.2 Å². The first-order valence-corrected chi connectivity index (χ1v) is 3.14. The van der Waals surface area contributed by atoms with Gasteiger partial charge in [0.05, 0.1) is 5.10 Å². The van der Waals surface area contributed by atoms with Crippen molar-refractivity contribution in [3.8, 4) is 0 Å². The van der Waals surface area contributed by atoms with Gasteiger partial charge in [0.1, 0.15) is 0 Å². The van der Waals surface area contributed by atoms with Crippen LogP contribution in [0.5, 0.6) is 0 Å². The van der Waals surface area contributed by atoms with Gasteiger partial charge in [0.25, 0.3) is 4.62 Å². The molecule has 1 aliphatic rings. The van der Waals surface area contributed by atoms with E-state index in [1.54, 1.807) is 0 Å². The second kappa shape index (κ2) is 2.69. The lowest BCUT2D eigenvalue weighted by Gasteiger charge is -1.83. The summed E-state index contributed by atoms with van der Waals surface area (Å²) in [6.07, 6.45) is 0. The maximum absolute atomic E-state index is 10.1. The van der Waals surface area contributed by atoms with Crippen LogP contribution in [-0.2, 0) is 0 Å². The van der Waals surface area contributed by atoms with Gasteiger partial charge in [0.2, 0.25) is 0 Å². The highest BCUT2D eigenvalue weighted by Crippen LogP contribution is 2.03. The summed E-state index contributed by atoms with van der Waals surface area (Å²) >= 11 is 2.81. The van der Waals surface area contributed by atoms with E-state index in [-0.39, 0.29) is 10.3 Å². The van der Waals surface area contributed by atoms with E-state index in [2.05, 4.69) is 30.9 Å². The Kier molecular flexibility index (Phi) is 1.88. The summed E-state index contributed by atoms with van der Waals surface area (Å²) in [6.45, 7) is 0. The molecule has 0 aromatic rings. The van der Waals surface area contributed by atoms with E-state index in [9.17, 15) is 10.1 Å². The second-order valence-electron chi connectivity index (χ2n) is 1.52. The number of halogens is 1. The molecule has 1 rings (SSSR count). The molecule has 0 aliphatic carbocycles. The minimum atomic E-state index is -0.785. The number of amidine groups is 1. The summed E-state index contributed by atoms with van der Waals surface area (Å²) in [5, 5.41) is 16.5. The van der Waals surface area contributed by atoms with Gasteiger partial charge in [-0.1, -0.05) is 0 Å². The molecule has 0 spiro atoms. The van der Waals surface area contributed by atoms with Gasteiger partial charge >= 0.3 is 11.5 Å². The minimum Gasteiger partial charge on any atom is -0.360 e. The molecule has 1 aliphatic heterocycles. The average molecular weight is 218 g/mol. The summed E-state index contributed by atoms with van der Waals surface area (Å²) in [7, 11) is 0. The molecule has 8 heteroatoms. The Morgan fingerprint density at radius 2 is 2.27 bits per heavy atom. The normalized spacial score (nSPS) is 15.5. The van der Waals surface area contributed by atoms with Crippen molar-refractivity contribution >= 4 is 32.1 Å². The smallest absolute Gasteiger partial charge is 0.360 e. The molecule has 11 heavy (non-hydrogen) atoms. The van der Waals surface area contributed by atoms with Gasteiger partial charge in [0.15, 0.2) is 0 Å². The molecule has 0 unspecified atom stereocenters. The number of nitrogens with zero attached hydrogens (tertiary/aromatic N) is 5. The zero-order valence-electron chi connectivity index (χ0n) is 4.93. The van der Waals surface area contributed by atoms with Crippen molar-refractivity contribution < 1.29 is 9.71 Å². The van der Waals surface area contributed by atoms with E-state index in [4.69, 9.17) is 5.53 Å².